The maximum absolute atomic E-state index is 14.1. The van der Waals surface area contributed by atoms with Gasteiger partial charge in [0.15, 0.2) is 11.6 Å². The second-order valence-electron chi connectivity index (χ2n) is 13.8. The van der Waals surface area contributed by atoms with Crippen LogP contribution >= 0.6 is 0 Å². The van der Waals surface area contributed by atoms with Gasteiger partial charge in [-0.25, -0.2) is 19.9 Å². The Balaban J connectivity index is 1.11. The number of hydrogen-bond acceptors (Lipinski definition) is 10. The third-order valence-electron chi connectivity index (χ3n) is 9.59. The number of aromatic nitrogens is 6. The van der Waals surface area contributed by atoms with Gasteiger partial charge in [0.1, 0.15) is 34.3 Å². The summed E-state index contributed by atoms with van der Waals surface area (Å²) in [4.78, 5) is 80.2. The quantitative estimate of drug-likeness (QED) is 0.0989. The molecule has 288 valence electrons. The van der Waals surface area contributed by atoms with Gasteiger partial charge in [0, 0.05) is 76.3 Å². The number of fused-ring (bicyclic) bond motifs is 2. The number of amides is 4. The van der Waals surface area contributed by atoms with Crippen molar-refractivity contribution in [1.82, 2.24) is 50.3 Å². The van der Waals surface area contributed by atoms with E-state index in [9.17, 15) is 19.2 Å². The highest BCUT2D eigenvalue weighted by Crippen LogP contribution is 2.29. The molecule has 4 aromatic heterocycles. The number of hydrogen-bond donors (Lipinski definition) is 6. The minimum Gasteiger partial charge on any atom is -0.368 e. The molecule has 6 aromatic rings. The minimum atomic E-state index is -0.310. The Labute approximate surface area is 322 Å². The van der Waals surface area contributed by atoms with Gasteiger partial charge in [-0.1, -0.05) is 60.7 Å². The molecule has 2 unspecified atom stereocenters. The Hall–Kier alpha value is -6.84. The van der Waals surface area contributed by atoms with E-state index in [2.05, 4.69) is 31.2 Å². The third kappa shape index (κ3) is 8.13. The molecule has 0 radical (unpaired) electrons. The summed E-state index contributed by atoms with van der Waals surface area (Å²) in [7, 11) is 0. The molecule has 7 rings (SSSR count). The van der Waals surface area contributed by atoms with Gasteiger partial charge in [-0.2, -0.15) is 0 Å². The molecule has 0 bridgehead atoms. The van der Waals surface area contributed by atoms with E-state index in [-0.39, 0.29) is 35.7 Å². The van der Waals surface area contributed by atoms with Gasteiger partial charge in [0.25, 0.3) is 11.8 Å². The summed E-state index contributed by atoms with van der Waals surface area (Å²) in [6.07, 6.45) is 0. The van der Waals surface area contributed by atoms with E-state index >= 15 is 0 Å². The molecule has 0 saturated carbocycles. The number of aromatic amines is 2. The first-order chi connectivity index (χ1) is 27.0. The largest absolute Gasteiger partial charge is 0.368 e. The number of carbonyl (C=O) groups excluding carboxylic acids is 4. The summed E-state index contributed by atoms with van der Waals surface area (Å²) < 4.78 is 0. The van der Waals surface area contributed by atoms with Crippen molar-refractivity contribution in [3.8, 4) is 22.8 Å². The van der Waals surface area contributed by atoms with Crippen molar-refractivity contribution in [2.45, 2.75) is 39.8 Å². The molecule has 6 N–H and O–H groups in total. The highest BCUT2D eigenvalue weighted by atomic mass is 16.2. The topological polar surface area (TPSA) is 206 Å². The number of nitrogens with one attached hydrogen (secondary N) is 6. The fraction of sp³-hybridized carbons (Fsp3) is 0.300. The Morgan fingerprint density at radius 2 is 1.00 bits per heavy atom. The Morgan fingerprint density at radius 1 is 0.607 bits per heavy atom. The standard InChI is InChI=1S/C40H44N12O4/c1-23-21-52(40(56)32-20-30-36(44-18-16-42-26(4)54)48-34(50-38(30)46-32)28-13-9-6-10-14-28)24(2)22-51(23)39(55)31-19-29-35(43-17-15-41-25(3)53)47-33(49-37(29)45-31)27-11-7-5-8-12-27/h5-14,19-20,23-24H,15-18,21-22H2,1-4H3,(H,41,53)(H,42,54)(H2,43,45,47,49)(H2,44,46,48,50). The minimum absolute atomic E-state index is 0.129. The number of H-pyrrole nitrogens is 2. The van der Waals surface area contributed by atoms with Crippen molar-refractivity contribution in [3.63, 3.8) is 0 Å². The van der Waals surface area contributed by atoms with Gasteiger partial charge >= 0.3 is 0 Å². The maximum Gasteiger partial charge on any atom is 0.270 e. The summed E-state index contributed by atoms with van der Waals surface area (Å²) in [5.41, 5.74) is 3.34. The molecule has 1 saturated heterocycles. The lowest BCUT2D eigenvalue weighted by atomic mass is 10.1. The normalized spacial score (nSPS) is 15.5. The van der Waals surface area contributed by atoms with Crippen LogP contribution in [0.25, 0.3) is 44.8 Å². The Morgan fingerprint density at radius 3 is 1.38 bits per heavy atom. The van der Waals surface area contributed by atoms with E-state index in [0.29, 0.717) is 96.0 Å². The van der Waals surface area contributed by atoms with Gasteiger partial charge < -0.3 is 41.0 Å². The third-order valence-corrected chi connectivity index (χ3v) is 9.59. The Bertz CT molecular complexity index is 2230. The molecule has 0 spiro atoms. The Kier molecular flexibility index (Phi) is 10.9. The molecule has 1 fully saturated rings. The zero-order valence-electron chi connectivity index (χ0n) is 31.6. The zero-order chi connectivity index (χ0) is 39.3. The molecule has 0 aliphatic carbocycles. The van der Waals surface area contributed by atoms with Crippen LogP contribution in [0.15, 0.2) is 72.8 Å². The van der Waals surface area contributed by atoms with Crippen molar-refractivity contribution < 1.29 is 19.2 Å². The number of piperazine rings is 1. The van der Waals surface area contributed by atoms with Gasteiger partial charge in [-0.3, -0.25) is 19.2 Å². The van der Waals surface area contributed by atoms with Gasteiger partial charge in [0.2, 0.25) is 11.8 Å². The van der Waals surface area contributed by atoms with Crippen LogP contribution in [-0.2, 0) is 9.59 Å². The highest BCUT2D eigenvalue weighted by Gasteiger charge is 2.36. The molecule has 2 aromatic carbocycles. The number of carbonyl (C=O) groups is 4. The average molecular weight is 757 g/mol. The van der Waals surface area contributed by atoms with Crippen molar-refractivity contribution in [1.29, 1.82) is 0 Å². The van der Waals surface area contributed by atoms with E-state index in [4.69, 9.17) is 19.9 Å². The molecule has 16 nitrogen and oxygen atoms in total. The predicted octanol–water partition coefficient (Wildman–Crippen LogP) is 4.03. The lowest BCUT2D eigenvalue weighted by molar-refractivity contribution is -0.119. The monoisotopic (exact) mass is 756 g/mol. The summed E-state index contributed by atoms with van der Waals surface area (Å²) in [5.74, 6) is 1.36. The first kappa shape index (κ1) is 37.5. The van der Waals surface area contributed by atoms with Crippen LogP contribution in [0, 0.1) is 0 Å². The molecule has 1 aliphatic heterocycles. The van der Waals surface area contributed by atoms with E-state index < -0.39 is 0 Å². The molecule has 16 heteroatoms. The predicted molar refractivity (Wildman–Crippen MR) is 214 cm³/mol. The van der Waals surface area contributed by atoms with Crippen molar-refractivity contribution in [3.05, 3.63) is 84.2 Å². The van der Waals surface area contributed by atoms with Gasteiger partial charge in [0.05, 0.1) is 10.8 Å². The van der Waals surface area contributed by atoms with E-state index in [1.807, 2.05) is 74.5 Å². The molecule has 2 atom stereocenters. The van der Waals surface area contributed by atoms with Crippen molar-refractivity contribution >= 4 is 57.3 Å². The first-order valence-electron chi connectivity index (χ1n) is 18.6. The van der Waals surface area contributed by atoms with Crippen LogP contribution in [-0.4, -0.2) is 115 Å². The molecule has 5 heterocycles. The fourth-order valence-corrected chi connectivity index (χ4v) is 6.79. The molecule has 4 amide bonds. The summed E-state index contributed by atoms with van der Waals surface area (Å²) >= 11 is 0. The zero-order valence-corrected chi connectivity index (χ0v) is 31.6. The molecular weight excluding hydrogens is 713 g/mol. The highest BCUT2D eigenvalue weighted by molar-refractivity contribution is 6.02. The van der Waals surface area contributed by atoms with Crippen LogP contribution in [0.3, 0.4) is 0 Å². The van der Waals surface area contributed by atoms with Crippen molar-refractivity contribution in [2.24, 2.45) is 0 Å². The first-order valence-corrected chi connectivity index (χ1v) is 18.6. The smallest absolute Gasteiger partial charge is 0.270 e. The van der Waals surface area contributed by atoms with E-state index in [1.54, 1.807) is 21.9 Å². The molecular formula is C40H44N12O4. The summed E-state index contributed by atoms with van der Waals surface area (Å²) in [6.45, 7) is 9.03. The van der Waals surface area contributed by atoms with Crippen molar-refractivity contribution in [2.75, 3.05) is 49.9 Å². The van der Waals surface area contributed by atoms with Crippen LogP contribution in [0.1, 0.15) is 48.7 Å². The second kappa shape index (κ2) is 16.3. The SMILES string of the molecule is CC(=O)NCCNc1nc(-c2ccccc2)nc2[nH]c(C(=O)N3CC(C)N(C(=O)c4cc5c(NCCNC(C)=O)nc(-c6ccccc6)nc5[nH]4)CC3C)cc12. The van der Waals surface area contributed by atoms with Crippen LogP contribution in [0.2, 0.25) is 0 Å². The van der Waals surface area contributed by atoms with Gasteiger partial charge in [-0.05, 0) is 26.0 Å². The number of nitrogens with zero attached hydrogens (tertiary/aromatic N) is 6. The van der Waals surface area contributed by atoms with Crippen LogP contribution in [0.4, 0.5) is 11.6 Å². The average Bonchev–Trinajstić information content (AvgIpc) is 3.84. The number of benzene rings is 2. The summed E-state index contributed by atoms with van der Waals surface area (Å²) in [5, 5.41) is 13.4. The molecule has 56 heavy (non-hydrogen) atoms. The second-order valence-corrected chi connectivity index (χ2v) is 13.8. The number of anilines is 2. The fourth-order valence-electron chi connectivity index (χ4n) is 6.79. The number of rotatable bonds is 12. The maximum atomic E-state index is 14.1. The van der Waals surface area contributed by atoms with Gasteiger partial charge in [-0.15, -0.1) is 0 Å². The summed E-state index contributed by atoms with van der Waals surface area (Å²) in [6, 6.07) is 22.0. The lowest BCUT2D eigenvalue weighted by Gasteiger charge is -2.43. The van der Waals surface area contributed by atoms with Crippen LogP contribution in [0.5, 0.6) is 0 Å². The van der Waals surface area contributed by atoms with Crippen LogP contribution < -0.4 is 21.3 Å². The van der Waals surface area contributed by atoms with E-state index in [1.165, 1.54) is 13.8 Å². The lowest BCUT2D eigenvalue weighted by Crippen LogP contribution is -2.59. The molecule has 1 aliphatic rings. The van der Waals surface area contributed by atoms with E-state index in [0.717, 1.165) is 11.1 Å².